The number of nitrogens with zero attached hydrogens (tertiary/aromatic N) is 1. The van der Waals surface area contributed by atoms with E-state index in [9.17, 15) is 4.79 Å². The van der Waals surface area contributed by atoms with Crippen molar-refractivity contribution < 1.29 is 14.3 Å². The molecule has 1 aliphatic heterocycles. The van der Waals surface area contributed by atoms with E-state index in [0.29, 0.717) is 30.3 Å². The molecule has 4 nitrogen and oxygen atoms in total. The summed E-state index contributed by atoms with van der Waals surface area (Å²) >= 11 is 1.60. The number of allylic oxidation sites excluding steroid dienone is 2. The van der Waals surface area contributed by atoms with Crippen molar-refractivity contribution in [2.45, 2.75) is 40.5 Å². The molecule has 0 amide bonds. The summed E-state index contributed by atoms with van der Waals surface area (Å²) in [4.78, 5) is 15.1. The lowest BCUT2D eigenvalue weighted by Gasteiger charge is -2.21. The largest absolute Gasteiger partial charge is 0.494 e. The zero-order chi connectivity index (χ0) is 18.2. The minimum atomic E-state index is -0.0582. The van der Waals surface area contributed by atoms with Gasteiger partial charge in [0.2, 0.25) is 0 Å². The van der Waals surface area contributed by atoms with Gasteiger partial charge in [0.05, 0.1) is 23.8 Å². The number of ether oxygens (including phenoxy) is 2. The Bertz CT molecular complexity index is 667. The molecule has 5 heteroatoms. The topological polar surface area (TPSA) is 38.8 Å². The molecule has 25 heavy (non-hydrogen) atoms. The molecule has 0 saturated heterocycles. The Labute approximate surface area is 154 Å². The smallest absolute Gasteiger partial charge is 0.192 e. The summed E-state index contributed by atoms with van der Waals surface area (Å²) in [5.41, 5.74) is 1.73. The van der Waals surface area contributed by atoms with Crippen LogP contribution < -0.4 is 9.47 Å². The number of carbonyl (C=O) groups is 1. The summed E-state index contributed by atoms with van der Waals surface area (Å²) in [7, 11) is 0. The minimum Gasteiger partial charge on any atom is -0.494 e. The number of benzene rings is 1. The van der Waals surface area contributed by atoms with Crippen LogP contribution in [0.3, 0.4) is 0 Å². The molecule has 0 aromatic heterocycles. The van der Waals surface area contributed by atoms with E-state index >= 15 is 0 Å². The fourth-order valence-corrected chi connectivity index (χ4v) is 3.55. The average Bonchev–Trinajstić information content (AvgIpc) is 2.94. The highest BCUT2D eigenvalue weighted by molar-refractivity contribution is 8.06. The molecule has 0 N–H and O–H groups in total. The van der Waals surface area contributed by atoms with Gasteiger partial charge in [-0.2, -0.15) is 0 Å². The molecule has 0 bridgehead atoms. The summed E-state index contributed by atoms with van der Waals surface area (Å²) in [5.74, 6) is 1.22. The van der Waals surface area contributed by atoms with Gasteiger partial charge in [0.1, 0.15) is 11.5 Å². The Balaban J connectivity index is 2.27. The van der Waals surface area contributed by atoms with Crippen molar-refractivity contribution in [1.29, 1.82) is 0 Å². The number of carbonyl (C=O) groups excluding carboxylic acids is 1. The fourth-order valence-electron chi connectivity index (χ4n) is 2.59. The third kappa shape index (κ3) is 5.05. The first-order valence-electron chi connectivity index (χ1n) is 8.87. The summed E-state index contributed by atoms with van der Waals surface area (Å²) in [6, 6.07) is 5.41. The number of unbranched alkanes of at least 4 members (excludes halogenated alkanes) is 1. The zero-order valence-corrected chi connectivity index (χ0v) is 16.3. The lowest BCUT2D eigenvalue weighted by atomic mass is 10.1. The molecule has 2 rings (SSSR count). The molecule has 1 aliphatic rings. The number of hydrogen-bond donors (Lipinski definition) is 0. The van der Waals surface area contributed by atoms with Gasteiger partial charge in [-0.25, -0.2) is 0 Å². The van der Waals surface area contributed by atoms with Crippen molar-refractivity contribution in [3.05, 3.63) is 46.0 Å². The highest BCUT2D eigenvalue weighted by Crippen LogP contribution is 2.35. The Morgan fingerprint density at radius 1 is 1.20 bits per heavy atom. The van der Waals surface area contributed by atoms with Crippen molar-refractivity contribution in [3.8, 4) is 11.5 Å². The molecule has 0 saturated carbocycles. The molecule has 0 aliphatic carbocycles. The molecular weight excluding hydrogens is 334 g/mol. The van der Waals surface area contributed by atoms with Crippen molar-refractivity contribution in [3.63, 3.8) is 0 Å². The summed E-state index contributed by atoms with van der Waals surface area (Å²) < 4.78 is 11.2. The van der Waals surface area contributed by atoms with Gasteiger partial charge in [0.25, 0.3) is 0 Å². The van der Waals surface area contributed by atoms with Gasteiger partial charge in [-0.15, -0.1) is 0 Å². The quantitative estimate of drug-likeness (QED) is 0.445. The maximum absolute atomic E-state index is 12.9. The fraction of sp³-hybridized carbons (Fsp3) is 0.450. The van der Waals surface area contributed by atoms with Gasteiger partial charge in [0, 0.05) is 18.3 Å². The SMILES string of the molecule is CCCCN1C(C)=CSC1=CC(=O)c1cc(OCC)ccc1OCC. The maximum Gasteiger partial charge on any atom is 0.192 e. The third-order valence-corrected chi connectivity index (χ3v) is 4.90. The van der Waals surface area contributed by atoms with E-state index in [0.717, 1.165) is 24.4 Å². The van der Waals surface area contributed by atoms with Gasteiger partial charge in [-0.05, 0) is 50.8 Å². The Kier molecular flexibility index (Phi) is 7.44. The number of thioether (sulfide) groups is 1. The van der Waals surface area contributed by atoms with Crippen LogP contribution >= 0.6 is 11.8 Å². The molecule has 0 spiro atoms. The van der Waals surface area contributed by atoms with Crippen molar-refractivity contribution >= 4 is 17.5 Å². The average molecular weight is 362 g/mol. The van der Waals surface area contributed by atoms with Gasteiger partial charge >= 0.3 is 0 Å². The molecule has 0 fully saturated rings. The van der Waals surface area contributed by atoms with E-state index in [1.165, 1.54) is 5.70 Å². The Morgan fingerprint density at radius 3 is 2.64 bits per heavy atom. The van der Waals surface area contributed by atoms with E-state index in [2.05, 4.69) is 24.2 Å². The Morgan fingerprint density at radius 2 is 1.96 bits per heavy atom. The second-order valence-corrected chi connectivity index (χ2v) is 6.64. The van der Waals surface area contributed by atoms with Crippen LogP contribution in [0.4, 0.5) is 0 Å². The van der Waals surface area contributed by atoms with Gasteiger partial charge in [-0.3, -0.25) is 4.79 Å². The van der Waals surface area contributed by atoms with Gasteiger partial charge in [-0.1, -0.05) is 25.1 Å². The molecule has 0 atom stereocenters. The first-order valence-corrected chi connectivity index (χ1v) is 9.75. The van der Waals surface area contributed by atoms with E-state index in [1.54, 1.807) is 30.0 Å². The van der Waals surface area contributed by atoms with Crippen LogP contribution in [0.1, 0.15) is 50.9 Å². The van der Waals surface area contributed by atoms with Crippen molar-refractivity contribution in [2.75, 3.05) is 19.8 Å². The standard InChI is InChI=1S/C20H27NO3S/c1-5-8-11-21-15(4)14-25-20(21)13-18(22)17-12-16(23-6-2)9-10-19(17)24-7-3/h9-10,12-14H,5-8,11H2,1-4H3. The molecule has 1 heterocycles. The highest BCUT2D eigenvalue weighted by atomic mass is 32.2. The number of hydrogen-bond acceptors (Lipinski definition) is 5. The predicted molar refractivity (Wildman–Crippen MR) is 104 cm³/mol. The van der Waals surface area contributed by atoms with Crippen molar-refractivity contribution in [2.24, 2.45) is 0 Å². The van der Waals surface area contributed by atoms with Crippen LogP contribution in [0.5, 0.6) is 11.5 Å². The molecule has 1 aromatic carbocycles. The molecule has 136 valence electrons. The van der Waals surface area contributed by atoms with Crippen LogP contribution in [0.25, 0.3) is 0 Å². The molecule has 0 radical (unpaired) electrons. The van der Waals surface area contributed by atoms with Crippen LogP contribution in [-0.4, -0.2) is 30.4 Å². The lowest BCUT2D eigenvalue weighted by Crippen LogP contribution is -2.18. The van der Waals surface area contributed by atoms with E-state index in [1.807, 2.05) is 19.9 Å². The van der Waals surface area contributed by atoms with E-state index in [4.69, 9.17) is 9.47 Å². The summed E-state index contributed by atoms with van der Waals surface area (Å²) in [6.45, 7) is 10.1. The van der Waals surface area contributed by atoms with Crippen LogP contribution in [0.2, 0.25) is 0 Å². The first-order chi connectivity index (χ1) is 12.1. The first kappa shape index (κ1) is 19.4. The third-order valence-electron chi connectivity index (χ3n) is 3.86. The second-order valence-electron chi connectivity index (χ2n) is 5.75. The monoisotopic (exact) mass is 361 g/mol. The Hall–Kier alpha value is -1.88. The maximum atomic E-state index is 12.9. The minimum absolute atomic E-state index is 0.0582. The zero-order valence-electron chi connectivity index (χ0n) is 15.5. The number of rotatable bonds is 9. The van der Waals surface area contributed by atoms with Crippen LogP contribution in [0.15, 0.2) is 40.4 Å². The van der Waals surface area contributed by atoms with Gasteiger partial charge < -0.3 is 14.4 Å². The predicted octanol–water partition coefficient (Wildman–Crippen LogP) is 5.22. The van der Waals surface area contributed by atoms with E-state index < -0.39 is 0 Å². The lowest BCUT2D eigenvalue weighted by molar-refractivity contribution is 0.104. The van der Waals surface area contributed by atoms with Crippen LogP contribution in [-0.2, 0) is 0 Å². The molecular formula is C20H27NO3S. The second kappa shape index (κ2) is 9.56. The molecule has 1 aromatic rings. The highest BCUT2D eigenvalue weighted by Gasteiger charge is 2.20. The normalized spacial score (nSPS) is 15.4. The molecule has 0 unspecified atom stereocenters. The van der Waals surface area contributed by atoms with Crippen LogP contribution in [0, 0.1) is 0 Å². The van der Waals surface area contributed by atoms with Crippen molar-refractivity contribution in [1.82, 2.24) is 4.90 Å². The summed E-state index contributed by atoms with van der Waals surface area (Å²) in [6.07, 6.45) is 3.93. The van der Waals surface area contributed by atoms with Gasteiger partial charge in [0.15, 0.2) is 5.78 Å². The van der Waals surface area contributed by atoms with E-state index in [-0.39, 0.29) is 5.78 Å². The number of ketones is 1. The summed E-state index contributed by atoms with van der Waals surface area (Å²) in [5, 5.41) is 3.06.